The number of carbonyl (C=O) groups is 2. The summed E-state index contributed by atoms with van der Waals surface area (Å²) >= 11 is 4.30. The van der Waals surface area contributed by atoms with E-state index >= 15 is 0 Å². The van der Waals surface area contributed by atoms with E-state index in [9.17, 15) is 9.59 Å². The van der Waals surface area contributed by atoms with Crippen molar-refractivity contribution in [3.05, 3.63) is 29.8 Å². The van der Waals surface area contributed by atoms with Crippen LogP contribution in [-0.2, 0) is 4.79 Å². The van der Waals surface area contributed by atoms with E-state index in [0.29, 0.717) is 30.0 Å². The molecule has 5 heteroatoms. The van der Waals surface area contributed by atoms with Crippen molar-refractivity contribution in [3.8, 4) is 0 Å². The van der Waals surface area contributed by atoms with Gasteiger partial charge in [-0.2, -0.15) is 0 Å². The van der Waals surface area contributed by atoms with Crippen LogP contribution in [0.25, 0.3) is 0 Å². The van der Waals surface area contributed by atoms with Crippen LogP contribution in [0, 0.1) is 23.2 Å². The predicted molar refractivity (Wildman–Crippen MR) is 104 cm³/mol. The summed E-state index contributed by atoms with van der Waals surface area (Å²) in [7, 11) is 0. The van der Waals surface area contributed by atoms with Crippen LogP contribution >= 0.6 is 12.6 Å². The topological polar surface area (TPSA) is 58.2 Å². The van der Waals surface area contributed by atoms with Gasteiger partial charge < -0.3 is 10.6 Å². The van der Waals surface area contributed by atoms with Gasteiger partial charge in [-0.05, 0) is 73.8 Å². The van der Waals surface area contributed by atoms with Crippen LogP contribution in [-0.4, -0.2) is 24.9 Å². The molecule has 2 amide bonds. The average Bonchev–Trinajstić information content (AvgIpc) is 2.57. The molecule has 4 aliphatic rings. The second-order valence-corrected chi connectivity index (χ2v) is 9.20. The third kappa shape index (κ3) is 3.78. The molecule has 4 bridgehead atoms. The van der Waals surface area contributed by atoms with E-state index in [1.165, 1.54) is 38.5 Å². The highest BCUT2D eigenvalue weighted by Crippen LogP contribution is 2.61. The Hall–Kier alpha value is -1.49. The molecular formula is C21H28N2O2S. The van der Waals surface area contributed by atoms with Crippen LogP contribution in [0.3, 0.4) is 0 Å². The van der Waals surface area contributed by atoms with E-state index in [4.69, 9.17) is 0 Å². The maximum atomic E-state index is 12.5. The first-order chi connectivity index (χ1) is 12.5. The van der Waals surface area contributed by atoms with Crippen molar-refractivity contribution in [2.45, 2.75) is 49.8 Å². The molecule has 0 aromatic heterocycles. The summed E-state index contributed by atoms with van der Waals surface area (Å²) in [5.41, 5.74) is 0.836. The van der Waals surface area contributed by atoms with Crippen molar-refractivity contribution in [1.29, 1.82) is 0 Å². The van der Waals surface area contributed by atoms with Gasteiger partial charge in [-0.25, -0.2) is 0 Å². The molecule has 4 saturated carbocycles. The Morgan fingerprint density at radius 1 is 0.962 bits per heavy atom. The molecule has 0 unspecified atom stereocenters. The highest BCUT2D eigenvalue weighted by Gasteiger charge is 2.51. The first-order valence-corrected chi connectivity index (χ1v) is 10.3. The Morgan fingerprint density at radius 2 is 1.54 bits per heavy atom. The van der Waals surface area contributed by atoms with E-state index in [2.05, 4.69) is 23.3 Å². The maximum absolute atomic E-state index is 12.5. The van der Waals surface area contributed by atoms with Crippen molar-refractivity contribution >= 4 is 24.4 Å². The van der Waals surface area contributed by atoms with E-state index in [1.54, 1.807) is 12.1 Å². The summed E-state index contributed by atoms with van der Waals surface area (Å²) in [6, 6.07) is 7.22. The van der Waals surface area contributed by atoms with Crippen molar-refractivity contribution in [1.82, 2.24) is 10.6 Å². The lowest BCUT2D eigenvalue weighted by molar-refractivity contribution is -0.129. The Kier molecular flexibility index (Phi) is 5.00. The Balaban J connectivity index is 1.21. The first-order valence-electron chi connectivity index (χ1n) is 9.86. The molecule has 4 fully saturated rings. The number of carbonyl (C=O) groups excluding carboxylic acids is 2. The fourth-order valence-electron chi connectivity index (χ4n) is 6.05. The average molecular weight is 373 g/mol. The molecule has 4 aliphatic carbocycles. The number of nitrogens with one attached hydrogen (secondary N) is 2. The second kappa shape index (κ2) is 7.26. The minimum Gasteiger partial charge on any atom is -0.354 e. The quantitative estimate of drug-likeness (QED) is 0.529. The van der Waals surface area contributed by atoms with Crippen LogP contribution in [0.5, 0.6) is 0 Å². The minimum atomic E-state index is -0.147. The lowest BCUT2D eigenvalue weighted by atomic mass is 9.49. The van der Waals surface area contributed by atoms with E-state index in [0.717, 1.165) is 17.8 Å². The van der Waals surface area contributed by atoms with Gasteiger partial charge in [0, 0.05) is 24.4 Å². The van der Waals surface area contributed by atoms with Gasteiger partial charge in [0.25, 0.3) is 5.91 Å². The monoisotopic (exact) mass is 372 g/mol. The highest BCUT2D eigenvalue weighted by molar-refractivity contribution is 7.80. The smallest absolute Gasteiger partial charge is 0.252 e. The lowest BCUT2D eigenvalue weighted by Gasteiger charge is -2.56. The standard InChI is InChI=1S/C21H28N2O2S/c24-19(13-21-10-14-7-15(11-21)9-16(8-14)12-21)22-5-6-23-20(25)17-3-1-2-4-18(17)26/h1-4,14-16,26H,5-13H2,(H,22,24)(H,23,25). The molecule has 0 spiro atoms. The summed E-state index contributed by atoms with van der Waals surface area (Å²) < 4.78 is 0. The number of hydrogen-bond donors (Lipinski definition) is 3. The maximum Gasteiger partial charge on any atom is 0.252 e. The molecule has 1 aromatic carbocycles. The van der Waals surface area contributed by atoms with E-state index in [1.807, 2.05) is 12.1 Å². The van der Waals surface area contributed by atoms with Gasteiger partial charge in [0.15, 0.2) is 0 Å². The minimum absolute atomic E-state index is 0.147. The van der Waals surface area contributed by atoms with Gasteiger partial charge in [0.05, 0.1) is 5.56 Å². The normalized spacial score (nSPS) is 31.7. The Morgan fingerprint density at radius 3 is 2.15 bits per heavy atom. The Bertz CT molecular complexity index is 668. The van der Waals surface area contributed by atoms with Gasteiger partial charge in [-0.3, -0.25) is 9.59 Å². The number of benzene rings is 1. The molecule has 2 N–H and O–H groups in total. The van der Waals surface area contributed by atoms with Gasteiger partial charge in [0.2, 0.25) is 5.91 Å². The SMILES string of the molecule is O=C(CC12CC3CC(CC(C3)C1)C2)NCCNC(=O)c1ccccc1S. The molecule has 1 aromatic rings. The molecule has 0 aliphatic heterocycles. The van der Waals surface area contributed by atoms with Gasteiger partial charge >= 0.3 is 0 Å². The molecule has 5 rings (SSSR count). The summed E-state index contributed by atoms with van der Waals surface area (Å²) in [5.74, 6) is 2.61. The fraction of sp³-hybridized carbons (Fsp3) is 0.619. The van der Waals surface area contributed by atoms with Crippen molar-refractivity contribution < 1.29 is 9.59 Å². The summed E-state index contributed by atoms with van der Waals surface area (Å²) in [5, 5.41) is 5.86. The van der Waals surface area contributed by atoms with E-state index in [-0.39, 0.29) is 17.2 Å². The largest absolute Gasteiger partial charge is 0.354 e. The van der Waals surface area contributed by atoms with Crippen LogP contribution in [0.15, 0.2) is 29.2 Å². The van der Waals surface area contributed by atoms with Crippen LogP contribution < -0.4 is 10.6 Å². The van der Waals surface area contributed by atoms with Crippen LogP contribution in [0.1, 0.15) is 55.3 Å². The molecule has 140 valence electrons. The molecule has 0 heterocycles. The molecule has 4 nitrogen and oxygen atoms in total. The number of thiol groups is 1. The zero-order chi connectivity index (χ0) is 18.1. The number of rotatable bonds is 6. The van der Waals surface area contributed by atoms with Gasteiger partial charge in [-0.15, -0.1) is 12.6 Å². The van der Waals surface area contributed by atoms with Crippen LogP contribution in [0.4, 0.5) is 0 Å². The molecule has 26 heavy (non-hydrogen) atoms. The van der Waals surface area contributed by atoms with Crippen molar-refractivity contribution in [2.75, 3.05) is 13.1 Å². The zero-order valence-electron chi connectivity index (χ0n) is 15.2. The van der Waals surface area contributed by atoms with Crippen LogP contribution in [0.2, 0.25) is 0 Å². The molecule has 0 atom stereocenters. The van der Waals surface area contributed by atoms with Crippen molar-refractivity contribution in [2.24, 2.45) is 23.2 Å². The zero-order valence-corrected chi connectivity index (χ0v) is 16.1. The lowest BCUT2D eigenvalue weighted by Crippen LogP contribution is -2.48. The molecular weight excluding hydrogens is 344 g/mol. The summed E-state index contributed by atoms with van der Waals surface area (Å²) in [6.45, 7) is 0.916. The summed E-state index contributed by atoms with van der Waals surface area (Å²) in [4.78, 5) is 25.3. The van der Waals surface area contributed by atoms with E-state index < -0.39 is 0 Å². The second-order valence-electron chi connectivity index (χ2n) is 8.72. The van der Waals surface area contributed by atoms with Crippen molar-refractivity contribution in [3.63, 3.8) is 0 Å². The third-order valence-corrected chi connectivity index (χ3v) is 6.97. The molecule has 0 radical (unpaired) electrons. The van der Waals surface area contributed by atoms with Gasteiger partial charge in [0.1, 0.15) is 0 Å². The fourth-order valence-corrected chi connectivity index (χ4v) is 6.31. The predicted octanol–water partition coefficient (Wildman–Crippen LogP) is 3.43. The third-order valence-electron chi connectivity index (χ3n) is 6.58. The summed E-state index contributed by atoms with van der Waals surface area (Å²) in [6.07, 6.45) is 8.63. The number of amides is 2. The highest BCUT2D eigenvalue weighted by atomic mass is 32.1. The Labute approximate surface area is 160 Å². The van der Waals surface area contributed by atoms with Gasteiger partial charge in [-0.1, -0.05) is 12.1 Å². The number of hydrogen-bond acceptors (Lipinski definition) is 3. The first kappa shape index (κ1) is 17.9. The molecule has 0 saturated heterocycles.